The van der Waals surface area contributed by atoms with Crippen molar-refractivity contribution in [3.63, 3.8) is 0 Å². The van der Waals surface area contributed by atoms with E-state index in [0.29, 0.717) is 19.4 Å². The highest BCUT2D eigenvalue weighted by molar-refractivity contribution is 5.91. The molecule has 7 nitrogen and oxygen atoms in total. The summed E-state index contributed by atoms with van der Waals surface area (Å²) < 4.78 is 0. The van der Waals surface area contributed by atoms with Crippen LogP contribution in [0.4, 0.5) is 0 Å². The maximum atomic E-state index is 12.2. The molecule has 1 heterocycles. The Hall–Kier alpha value is -1.89. The van der Waals surface area contributed by atoms with E-state index in [0.717, 1.165) is 5.92 Å². The SMILES string of the molecule is C=CC(C)C(NC(=O)C1CCCN1C(=O)CN)C(=O)O.CC(C)C. The number of nitrogens with zero attached hydrogens (tertiary/aromatic N) is 1. The number of rotatable bonds is 6. The summed E-state index contributed by atoms with van der Waals surface area (Å²) >= 11 is 0. The minimum absolute atomic E-state index is 0.158. The Kier molecular flexibility index (Phi) is 9.95. The maximum Gasteiger partial charge on any atom is 0.326 e. The van der Waals surface area contributed by atoms with Gasteiger partial charge in [0.25, 0.3) is 0 Å². The number of carboxylic acid groups (broad SMARTS) is 1. The van der Waals surface area contributed by atoms with Gasteiger partial charge in [-0.25, -0.2) is 4.79 Å². The van der Waals surface area contributed by atoms with E-state index in [9.17, 15) is 14.4 Å². The third kappa shape index (κ3) is 7.12. The summed E-state index contributed by atoms with van der Waals surface area (Å²) in [7, 11) is 0. The molecule has 0 aromatic heterocycles. The summed E-state index contributed by atoms with van der Waals surface area (Å²) in [6, 6.07) is -1.68. The van der Waals surface area contributed by atoms with Gasteiger partial charge in [-0.1, -0.05) is 33.8 Å². The number of nitrogens with one attached hydrogen (secondary N) is 1. The molecule has 0 aromatic carbocycles. The van der Waals surface area contributed by atoms with Crippen molar-refractivity contribution >= 4 is 17.8 Å². The second-order valence-electron chi connectivity index (χ2n) is 6.60. The minimum atomic E-state index is -1.12. The van der Waals surface area contributed by atoms with E-state index >= 15 is 0 Å². The molecule has 0 aromatic rings. The van der Waals surface area contributed by atoms with E-state index < -0.39 is 29.9 Å². The van der Waals surface area contributed by atoms with Crippen molar-refractivity contribution < 1.29 is 19.5 Å². The summed E-state index contributed by atoms with van der Waals surface area (Å²) in [5, 5.41) is 11.6. The molecule has 0 spiro atoms. The van der Waals surface area contributed by atoms with Gasteiger partial charge >= 0.3 is 5.97 Å². The van der Waals surface area contributed by atoms with Crippen molar-refractivity contribution in [2.75, 3.05) is 13.1 Å². The fraction of sp³-hybridized carbons (Fsp3) is 0.706. The van der Waals surface area contributed by atoms with Gasteiger partial charge in [0.1, 0.15) is 12.1 Å². The minimum Gasteiger partial charge on any atom is -0.480 e. The highest BCUT2D eigenvalue weighted by Crippen LogP contribution is 2.18. The van der Waals surface area contributed by atoms with Crippen LogP contribution in [0.5, 0.6) is 0 Å². The quantitative estimate of drug-likeness (QED) is 0.624. The summed E-state index contributed by atoms with van der Waals surface area (Å²) in [5.74, 6) is -1.45. The smallest absolute Gasteiger partial charge is 0.326 e. The predicted octanol–water partition coefficient (Wildman–Crippen LogP) is 0.990. The number of amides is 2. The van der Waals surface area contributed by atoms with E-state index in [1.54, 1.807) is 6.92 Å². The van der Waals surface area contributed by atoms with Crippen LogP contribution in [0.15, 0.2) is 12.7 Å². The van der Waals surface area contributed by atoms with Crippen molar-refractivity contribution in [3.05, 3.63) is 12.7 Å². The average molecular weight is 341 g/mol. The molecule has 0 saturated carbocycles. The Morgan fingerprint density at radius 1 is 1.33 bits per heavy atom. The van der Waals surface area contributed by atoms with Gasteiger partial charge in [-0.05, 0) is 18.8 Å². The highest BCUT2D eigenvalue weighted by atomic mass is 16.4. The van der Waals surface area contributed by atoms with Gasteiger partial charge in [-0.15, -0.1) is 6.58 Å². The first-order valence-corrected chi connectivity index (χ1v) is 8.30. The summed E-state index contributed by atoms with van der Waals surface area (Å²) in [6.45, 7) is 12.0. The van der Waals surface area contributed by atoms with Gasteiger partial charge in [-0.2, -0.15) is 0 Å². The zero-order chi connectivity index (χ0) is 18.9. The van der Waals surface area contributed by atoms with Crippen molar-refractivity contribution in [2.24, 2.45) is 17.6 Å². The molecule has 0 bridgehead atoms. The second-order valence-corrected chi connectivity index (χ2v) is 6.60. The Bertz CT molecular complexity index is 448. The van der Waals surface area contributed by atoms with Crippen molar-refractivity contribution in [2.45, 2.75) is 52.6 Å². The van der Waals surface area contributed by atoms with Gasteiger partial charge in [0, 0.05) is 12.5 Å². The van der Waals surface area contributed by atoms with Crippen LogP contribution < -0.4 is 11.1 Å². The first-order valence-electron chi connectivity index (χ1n) is 8.30. The van der Waals surface area contributed by atoms with Crippen LogP contribution in [-0.4, -0.2) is 53.0 Å². The topological polar surface area (TPSA) is 113 Å². The van der Waals surface area contributed by atoms with Crippen molar-refractivity contribution in [1.29, 1.82) is 0 Å². The van der Waals surface area contributed by atoms with Crippen LogP contribution in [0.25, 0.3) is 0 Å². The molecule has 3 atom stereocenters. The molecular weight excluding hydrogens is 310 g/mol. The normalized spacial score (nSPS) is 19.1. The summed E-state index contributed by atoms with van der Waals surface area (Å²) in [6.07, 6.45) is 2.70. The van der Waals surface area contributed by atoms with Gasteiger partial charge in [0.2, 0.25) is 11.8 Å². The van der Waals surface area contributed by atoms with Crippen LogP contribution in [-0.2, 0) is 14.4 Å². The largest absolute Gasteiger partial charge is 0.480 e. The van der Waals surface area contributed by atoms with Gasteiger partial charge in [0.15, 0.2) is 0 Å². The van der Waals surface area contributed by atoms with E-state index in [-0.39, 0.29) is 12.5 Å². The number of aliphatic carboxylic acids is 1. The Balaban J connectivity index is 0.00000118. The molecular formula is C17H31N3O4. The zero-order valence-corrected chi connectivity index (χ0v) is 15.1. The van der Waals surface area contributed by atoms with Crippen molar-refractivity contribution in [1.82, 2.24) is 10.2 Å². The third-order valence-electron chi connectivity index (χ3n) is 3.51. The molecule has 3 unspecified atom stereocenters. The number of carboxylic acids is 1. The molecule has 1 saturated heterocycles. The van der Waals surface area contributed by atoms with E-state index in [4.69, 9.17) is 10.8 Å². The standard InChI is InChI=1S/C13H21N3O4.C4H10/c1-3-8(2)11(13(19)20)15-12(18)9-5-4-6-16(9)10(17)7-14;1-4(2)3/h3,8-9,11H,1,4-7,14H2,2H3,(H,15,18)(H,19,20);4H,1-3H3. The highest BCUT2D eigenvalue weighted by Gasteiger charge is 2.36. The van der Waals surface area contributed by atoms with Gasteiger partial charge in [-0.3, -0.25) is 9.59 Å². The molecule has 0 aliphatic carbocycles. The molecule has 0 radical (unpaired) electrons. The van der Waals surface area contributed by atoms with Crippen LogP contribution in [0, 0.1) is 11.8 Å². The molecule has 1 fully saturated rings. The number of likely N-dealkylation sites (tertiary alicyclic amines) is 1. The first kappa shape index (κ1) is 22.1. The molecule has 7 heteroatoms. The van der Waals surface area contributed by atoms with E-state index in [1.165, 1.54) is 11.0 Å². The van der Waals surface area contributed by atoms with Gasteiger partial charge in [0.05, 0.1) is 6.54 Å². The number of carbonyl (C=O) groups excluding carboxylic acids is 2. The molecule has 1 aliphatic heterocycles. The van der Waals surface area contributed by atoms with Crippen molar-refractivity contribution in [3.8, 4) is 0 Å². The lowest BCUT2D eigenvalue weighted by atomic mass is 10.0. The fourth-order valence-electron chi connectivity index (χ4n) is 2.26. The van der Waals surface area contributed by atoms with Crippen LogP contribution >= 0.6 is 0 Å². The van der Waals surface area contributed by atoms with E-state index in [2.05, 4.69) is 32.7 Å². The number of nitrogens with two attached hydrogens (primary N) is 1. The Labute approximate surface area is 144 Å². The summed E-state index contributed by atoms with van der Waals surface area (Å²) in [4.78, 5) is 36.4. The Morgan fingerprint density at radius 2 is 1.88 bits per heavy atom. The molecule has 138 valence electrons. The molecule has 2 amide bonds. The number of carbonyl (C=O) groups is 3. The average Bonchev–Trinajstić information content (AvgIpc) is 2.99. The molecule has 24 heavy (non-hydrogen) atoms. The lowest BCUT2D eigenvalue weighted by Crippen LogP contribution is -2.53. The first-order chi connectivity index (χ1) is 11.1. The molecule has 1 aliphatic rings. The molecule has 1 rings (SSSR count). The van der Waals surface area contributed by atoms with E-state index in [1.807, 2.05) is 0 Å². The second kappa shape index (κ2) is 10.8. The van der Waals surface area contributed by atoms with Crippen LogP contribution in [0.1, 0.15) is 40.5 Å². The fourth-order valence-corrected chi connectivity index (χ4v) is 2.26. The lowest BCUT2D eigenvalue weighted by molar-refractivity contribution is -0.144. The summed E-state index contributed by atoms with van der Waals surface area (Å²) in [5.41, 5.74) is 5.30. The zero-order valence-electron chi connectivity index (χ0n) is 15.1. The third-order valence-corrected chi connectivity index (χ3v) is 3.51. The number of hydrogen-bond donors (Lipinski definition) is 3. The Morgan fingerprint density at radius 3 is 2.29 bits per heavy atom. The monoisotopic (exact) mass is 341 g/mol. The van der Waals surface area contributed by atoms with Crippen LogP contribution in [0.2, 0.25) is 0 Å². The van der Waals surface area contributed by atoms with Crippen LogP contribution in [0.3, 0.4) is 0 Å². The maximum absolute atomic E-state index is 12.2. The predicted molar refractivity (Wildman–Crippen MR) is 93.2 cm³/mol. The van der Waals surface area contributed by atoms with Gasteiger partial charge < -0.3 is 21.1 Å². The number of hydrogen-bond acceptors (Lipinski definition) is 4. The molecule has 4 N–H and O–H groups in total. The lowest BCUT2D eigenvalue weighted by Gasteiger charge is -2.26.